The summed E-state index contributed by atoms with van der Waals surface area (Å²) in [6.45, 7) is 1.24. The molecule has 7 nitrogen and oxygen atoms in total. The highest BCUT2D eigenvalue weighted by Gasteiger charge is 2.31. The number of hydrogen-bond acceptors (Lipinski definition) is 5. The van der Waals surface area contributed by atoms with Gasteiger partial charge in [0.2, 0.25) is 10.0 Å². The fraction of sp³-hybridized carbons (Fsp3) is 0.308. The Morgan fingerprint density at radius 1 is 1.33 bits per heavy atom. The molecular formula is C13H16N4O3S. The van der Waals surface area contributed by atoms with Crippen LogP contribution in [0.5, 0.6) is 5.75 Å². The van der Waals surface area contributed by atoms with Crippen molar-refractivity contribution in [3.05, 3.63) is 36.4 Å². The highest BCUT2D eigenvalue weighted by Crippen LogP contribution is 2.30. The summed E-state index contributed by atoms with van der Waals surface area (Å²) in [6, 6.07) is 4.54. The van der Waals surface area contributed by atoms with E-state index >= 15 is 0 Å². The summed E-state index contributed by atoms with van der Waals surface area (Å²) in [7, 11) is -2.22. The molecule has 0 saturated heterocycles. The molecule has 0 fully saturated rings. The molecule has 3 rings (SSSR count). The van der Waals surface area contributed by atoms with E-state index in [1.807, 2.05) is 10.8 Å². The number of sulfonamides is 1. The Labute approximate surface area is 123 Å². The van der Waals surface area contributed by atoms with Gasteiger partial charge in [-0.1, -0.05) is 0 Å². The number of nitrogens with two attached hydrogens (primary N) is 1. The number of rotatable bonds is 3. The van der Waals surface area contributed by atoms with Gasteiger partial charge in [-0.2, -0.15) is 4.31 Å². The van der Waals surface area contributed by atoms with Crippen LogP contribution in [0.4, 0.5) is 5.69 Å². The van der Waals surface area contributed by atoms with Gasteiger partial charge in [-0.05, 0) is 12.1 Å². The monoisotopic (exact) mass is 308 g/mol. The van der Waals surface area contributed by atoms with Gasteiger partial charge in [-0.15, -0.1) is 0 Å². The van der Waals surface area contributed by atoms with Crippen molar-refractivity contribution in [1.29, 1.82) is 0 Å². The summed E-state index contributed by atoms with van der Waals surface area (Å²) in [6.07, 6.45) is 3.53. The highest BCUT2D eigenvalue weighted by molar-refractivity contribution is 7.89. The third-order valence-corrected chi connectivity index (χ3v) is 5.40. The molecule has 0 bridgehead atoms. The number of hydrogen-bond donors (Lipinski definition) is 1. The first-order chi connectivity index (χ1) is 10.0. The fourth-order valence-corrected chi connectivity index (χ4v) is 3.91. The van der Waals surface area contributed by atoms with Crippen molar-refractivity contribution in [2.75, 3.05) is 19.4 Å². The van der Waals surface area contributed by atoms with E-state index in [2.05, 4.69) is 4.98 Å². The van der Waals surface area contributed by atoms with E-state index < -0.39 is 10.0 Å². The molecule has 0 atom stereocenters. The molecule has 1 aromatic carbocycles. The first kappa shape index (κ1) is 13.9. The molecule has 0 amide bonds. The zero-order valence-corrected chi connectivity index (χ0v) is 12.4. The zero-order chi connectivity index (χ0) is 15.0. The van der Waals surface area contributed by atoms with Gasteiger partial charge in [0.1, 0.15) is 16.5 Å². The average Bonchev–Trinajstić information content (AvgIpc) is 2.94. The van der Waals surface area contributed by atoms with E-state index in [0.29, 0.717) is 18.8 Å². The molecule has 0 radical (unpaired) electrons. The van der Waals surface area contributed by atoms with Crippen molar-refractivity contribution in [3.63, 3.8) is 0 Å². The zero-order valence-electron chi connectivity index (χ0n) is 11.6. The van der Waals surface area contributed by atoms with Crippen molar-refractivity contribution < 1.29 is 13.2 Å². The summed E-state index contributed by atoms with van der Waals surface area (Å²) in [4.78, 5) is 4.30. The lowest BCUT2D eigenvalue weighted by atomic mass is 10.3. The van der Waals surface area contributed by atoms with Crippen LogP contribution >= 0.6 is 0 Å². The molecule has 21 heavy (non-hydrogen) atoms. The smallest absolute Gasteiger partial charge is 0.247 e. The number of benzene rings is 1. The predicted octanol–water partition coefficient (Wildman–Crippen LogP) is 0.678. The molecule has 2 N–H and O–H groups in total. The van der Waals surface area contributed by atoms with Crippen molar-refractivity contribution in [3.8, 4) is 5.75 Å². The van der Waals surface area contributed by atoms with Gasteiger partial charge in [0.15, 0.2) is 0 Å². The molecule has 112 valence electrons. The molecular weight excluding hydrogens is 292 g/mol. The van der Waals surface area contributed by atoms with Gasteiger partial charge in [0, 0.05) is 37.2 Å². The number of fused-ring (bicyclic) bond motifs is 1. The maximum absolute atomic E-state index is 12.8. The van der Waals surface area contributed by atoms with Crippen molar-refractivity contribution in [2.24, 2.45) is 0 Å². The molecule has 0 unspecified atom stereocenters. The van der Waals surface area contributed by atoms with E-state index in [-0.39, 0.29) is 17.2 Å². The van der Waals surface area contributed by atoms with Crippen LogP contribution in [0.2, 0.25) is 0 Å². The highest BCUT2D eigenvalue weighted by atomic mass is 32.2. The van der Waals surface area contributed by atoms with Gasteiger partial charge in [-0.25, -0.2) is 13.4 Å². The second-order valence-corrected chi connectivity index (χ2v) is 6.69. The number of methoxy groups -OCH3 is 1. The molecule has 2 aromatic rings. The van der Waals surface area contributed by atoms with Crippen molar-refractivity contribution >= 4 is 15.7 Å². The lowest BCUT2D eigenvalue weighted by Crippen LogP contribution is -2.38. The maximum atomic E-state index is 12.8. The second kappa shape index (κ2) is 5.05. The van der Waals surface area contributed by atoms with E-state index in [1.54, 1.807) is 12.3 Å². The summed E-state index contributed by atoms with van der Waals surface area (Å²) < 4.78 is 34.1. The minimum atomic E-state index is -3.64. The number of anilines is 1. The Balaban J connectivity index is 1.98. The molecule has 1 aromatic heterocycles. The fourth-order valence-electron chi connectivity index (χ4n) is 2.39. The topological polar surface area (TPSA) is 90.5 Å². The molecule has 0 spiro atoms. The lowest BCUT2D eigenvalue weighted by Gasteiger charge is -2.27. The molecule has 0 saturated carbocycles. The van der Waals surface area contributed by atoms with Crippen LogP contribution in [0.3, 0.4) is 0 Å². The van der Waals surface area contributed by atoms with E-state index in [4.69, 9.17) is 10.5 Å². The number of nitrogens with zero attached hydrogens (tertiary/aromatic N) is 3. The second-order valence-electron chi connectivity index (χ2n) is 4.79. The number of nitrogen functional groups attached to an aromatic ring is 1. The summed E-state index contributed by atoms with van der Waals surface area (Å²) in [5.74, 6) is 0.989. The van der Waals surface area contributed by atoms with Gasteiger partial charge >= 0.3 is 0 Å². The molecule has 8 heteroatoms. The quantitative estimate of drug-likeness (QED) is 0.842. The largest absolute Gasteiger partial charge is 0.495 e. The Morgan fingerprint density at radius 3 is 2.90 bits per heavy atom. The Kier molecular flexibility index (Phi) is 3.34. The van der Waals surface area contributed by atoms with E-state index in [1.165, 1.54) is 23.5 Å². The van der Waals surface area contributed by atoms with Crippen LogP contribution in [-0.4, -0.2) is 35.9 Å². The van der Waals surface area contributed by atoms with Crippen LogP contribution < -0.4 is 10.5 Å². The Bertz CT molecular complexity index is 769. The van der Waals surface area contributed by atoms with Gasteiger partial charge in [0.05, 0.1) is 13.7 Å². The van der Waals surface area contributed by atoms with Gasteiger partial charge in [-0.3, -0.25) is 0 Å². The number of imidazole rings is 1. The van der Waals surface area contributed by atoms with E-state index in [0.717, 1.165) is 5.82 Å². The standard InChI is InChI=1S/C13H16N4O3S/c1-20-11-8-10(14)2-3-12(11)21(18,19)17-7-6-16-5-4-15-13(16)9-17/h2-5,8H,6-7,9,14H2,1H3. The summed E-state index contributed by atoms with van der Waals surface area (Å²) in [5.41, 5.74) is 6.13. The first-order valence-electron chi connectivity index (χ1n) is 6.46. The van der Waals surface area contributed by atoms with Gasteiger partial charge in [0.25, 0.3) is 0 Å². The van der Waals surface area contributed by atoms with Crippen LogP contribution in [0.25, 0.3) is 0 Å². The van der Waals surface area contributed by atoms with Gasteiger partial charge < -0.3 is 15.0 Å². The minimum absolute atomic E-state index is 0.124. The van der Waals surface area contributed by atoms with Crippen molar-refractivity contribution in [2.45, 2.75) is 18.0 Å². The lowest BCUT2D eigenvalue weighted by molar-refractivity contribution is 0.332. The number of ether oxygens (including phenoxy) is 1. The normalized spacial score (nSPS) is 15.7. The predicted molar refractivity (Wildman–Crippen MR) is 77.2 cm³/mol. The van der Waals surface area contributed by atoms with Crippen LogP contribution in [-0.2, 0) is 23.1 Å². The van der Waals surface area contributed by atoms with E-state index in [9.17, 15) is 8.42 Å². The summed E-state index contributed by atoms with van der Waals surface area (Å²) >= 11 is 0. The molecule has 1 aliphatic rings. The van der Waals surface area contributed by atoms with Crippen LogP contribution in [0.15, 0.2) is 35.5 Å². The molecule has 2 heterocycles. The number of aromatic nitrogens is 2. The van der Waals surface area contributed by atoms with Crippen LogP contribution in [0, 0.1) is 0 Å². The third kappa shape index (κ3) is 2.36. The SMILES string of the molecule is COc1cc(N)ccc1S(=O)(=O)N1CCn2ccnc2C1. The Hall–Kier alpha value is -2.06. The van der Waals surface area contributed by atoms with Crippen LogP contribution in [0.1, 0.15) is 5.82 Å². The molecule has 1 aliphatic heterocycles. The minimum Gasteiger partial charge on any atom is -0.495 e. The average molecular weight is 308 g/mol. The maximum Gasteiger partial charge on any atom is 0.247 e. The summed E-state index contributed by atoms with van der Waals surface area (Å²) in [5, 5.41) is 0. The molecule has 0 aliphatic carbocycles. The van der Waals surface area contributed by atoms with Crippen molar-refractivity contribution in [1.82, 2.24) is 13.9 Å². The third-order valence-electron chi connectivity index (χ3n) is 3.52. The first-order valence-corrected chi connectivity index (χ1v) is 7.90. The Morgan fingerprint density at radius 2 is 2.14 bits per heavy atom.